The van der Waals surface area contributed by atoms with Gasteiger partial charge >= 0.3 is 6.18 Å². The van der Waals surface area contributed by atoms with Crippen molar-refractivity contribution in [2.24, 2.45) is 0 Å². The Morgan fingerprint density at radius 1 is 0.935 bits per heavy atom. The quantitative estimate of drug-likeness (QED) is 0.515. The minimum absolute atomic E-state index is 0.353. The van der Waals surface area contributed by atoms with Crippen LogP contribution in [-0.2, 0) is 12.6 Å². The summed E-state index contributed by atoms with van der Waals surface area (Å²) in [6, 6.07) is 9.01. The van der Waals surface area contributed by atoms with E-state index in [0.29, 0.717) is 48.1 Å². The number of anilines is 1. The molecule has 164 valence electrons. The fourth-order valence-electron chi connectivity index (χ4n) is 3.45. The second-order valence-electron chi connectivity index (χ2n) is 7.31. The number of hydrogen-bond donors (Lipinski definition) is 0. The molecule has 0 aliphatic carbocycles. The van der Waals surface area contributed by atoms with Gasteiger partial charge in [0.2, 0.25) is 5.13 Å². The molecule has 10 heteroatoms. The molecule has 1 fully saturated rings. The van der Waals surface area contributed by atoms with Crippen LogP contribution in [0.15, 0.2) is 42.5 Å². The Morgan fingerprint density at radius 3 is 2.42 bits per heavy atom. The highest BCUT2D eigenvalue weighted by Crippen LogP contribution is 2.30. The van der Waals surface area contributed by atoms with Crippen molar-refractivity contribution in [1.29, 1.82) is 0 Å². The van der Waals surface area contributed by atoms with Gasteiger partial charge in [0.25, 0.3) is 0 Å². The topological polar surface area (TPSA) is 32.3 Å². The number of piperazine rings is 1. The third-order valence-corrected chi connectivity index (χ3v) is 5.98. The predicted molar refractivity (Wildman–Crippen MR) is 109 cm³/mol. The molecule has 0 spiro atoms. The molecular weight excluding hydrogens is 435 g/mol. The third kappa shape index (κ3) is 5.19. The molecule has 0 saturated carbocycles. The van der Waals surface area contributed by atoms with E-state index in [2.05, 4.69) is 19.2 Å². The Labute approximate surface area is 180 Å². The van der Waals surface area contributed by atoms with Gasteiger partial charge in [-0.1, -0.05) is 18.2 Å². The zero-order chi connectivity index (χ0) is 22.0. The third-order valence-electron chi connectivity index (χ3n) is 5.21. The van der Waals surface area contributed by atoms with Crippen molar-refractivity contribution >= 4 is 16.7 Å². The van der Waals surface area contributed by atoms with Crippen LogP contribution in [0.3, 0.4) is 0 Å². The number of halogens is 5. The molecule has 31 heavy (non-hydrogen) atoms. The fourth-order valence-corrected chi connectivity index (χ4v) is 4.19. The monoisotopic (exact) mass is 454 g/mol. The normalized spacial score (nSPS) is 15.5. The minimum atomic E-state index is -4.33. The summed E-state index contributed by atoms with van der Waals surface area (Å²) in [5, 5.41) is 0.706. The number of rotatable bonds is 5. The van der Waals surface area contributed by atoms with Crippen molar-refractivity contribution < 1.29 is 22.0 Å². The Bertz CT molecular complexity index is 1040. The zero-order valence-electron chi connectivity index (χ0n) is 16.4. The summed E-state index contributed by atoms with van der Waals surface area (Å²) in [7, 11) is 0. The highest BCUT2D eigenvalue weighted by Gasteiger charge is 2.30. The molecule has 0 bridgehead atoms. The summed E-state index contributed by atoms with van der Waals surface area (Å²) in [6.07, 6.45) is -3.79. The van der Waals surface area contributed by atoms with E-state index >= 15 is 0 Å². The van der Waals surface area contributed by atoms with Gasteiger partial charge in [0.15, 0.2) is 17.5 Å². The lowest BCUT2D eigenvalue weighted by Gasteiger charge is -2.34. The van der Waals surface area contributed by atoms with Crippen molar-refractivity contribution in [3.05, 3.63) is 65.2 Å². The van der Waals surface area contributed by atoms with Crippen molar-refractivity contribution in [2.75, 3.05) is 37.6 Å². The molecule has 2 heterocycles. The fraction of sp³-hybridized carbons (Fsp3) is 0.333. The molecule has 0 radical (unpaired) electrons. The van der Waals surface area contributed by atoms with Gasteiger partial charge in [-0.15, -0.1) is 0 Å². The largest absolute Gasteiger partial charge is 0.416 e. The highest BCUT2D eigenvalue weighted by atomic mass is 32.1. The van der Waals surface area contributed by atoms with Crippen molar-refractivity contribution in [2.45, 2.75) is 12.6 Å². The van der Waals surface area contributed by atoms with Crippen molar-refractivity contribution in [3.63, 3.8) is 0 Å². The van der Waals surface area contributed by atoms with Crippen LogP contribution in [0.25, 0.3) is 11.4 Å². The Kier molecular flexibility index (Phi) is 6.19. The smallest absolute Gasteiger partial charge is 0.344 e. The van der Waals surface area contributed by atoms with Crippen LogP contribution in [-0.4, -0.2) is 47.0 Å². The Morgan fingerprint density at radius 2 is 1.71 bits per heavy atom. The highest BCUT2D eigenvalue weighted by molar-refractivity contribution is 7.09. The number of aromatic nitrogens is 2. The average molecular weight is 454 g/mol. The molecule has 0 atom stereocenters. The first-order chi connectivity index (χ1) is 14.8. The van der Waals surface area contributed by atoms with Crippen LogP contribution >= 0.6 is 11.5 Å². The van der Waals surface area contributed by atoms with Gasteiger partial charge in [0.1, 0.15) is 0 Å². The van der Waals surface area contributed by atoms with E-state index < -0.39 is 23.4 Å². The standard InChI is InChI=1S/C21H19F5N4S/c22-17-5-4-15(13-18(17)23)19-27-20(31-28-19)30-10-8-29(9-11-30)7-6-14-2-1-3-16(12-14)21(24,25)26/h1-5,12-13H,6-11H2. The van der Waals surface area contributed by atoms with E-state index in [1.54, 1.807) is 6.07 Å². The summed E-state index contributed by atoms with van der Waals surface area (Å²) in [4.78, 5) is 8.72. The number of alkyl halides is 3. The molecule has 1 saturated heterocycles. The van der Waals surface area contributed by atoms with E-state index in [9.17, 15) is 22.0 Å². The zero-order valence-corrected chi connectivity index (χ0v) is 17.2. The summed E-state index contributed by atoms with van der Waals surface area (Å²) < 4.78 is 69.4. The molecule has 2 aromatic carbocycles. The predicted octanol–water partition coefficient (Wildman–Crippen LogP) is 4.87. The van der Waals surface area contributed by atoms with Crippen LogP contribution in [0.5, 0.6) is 0 Å². The van der Waals surface area contributed by atoms with Gasteiger partial charge in [-0.2, -0.15) is 22.5 Å². The van der Waals surface area contributed by atoms with Gasteiger partial charge in [0, 0.05) is 49.8 Å². The van der Waals surface area contributed by atoms with Gasteiger partial charge in [-0.05, 0) is 36.2 Å². The summed E-state index contributed by atoms with van der Waals surface area (Å²) >= 11 is 1.20. The van der Waals surface area contributed by atoms with Crippen LogP contribution in [0.4, 0.5) is 27.1 Å². The summed E-state index contributed by atoms with van der Waals surface area (Å²) in [6.45, 7) is 3.58. The van der Waals surface area contributed by atoms with Gasteiger partial charge in [-0.25, -0.2) is 8.78 Å². The molecule has 0 unspecified atom stereocenters. The Balaban J connectivity index is 1.31. The molecule has 1 aliphatic heterocycles. The molecule has 4 rings (SSSR count). The molecule has 1 aliphatic rings. The van der Waals surface area contributed by atoms with Crippen LogP contribution in [0, 0.1) is 11.6 Å². The lowest BCUT2D eigenvalue weighted by Crippen LogP contribution is -2.47. The first kappa shape index (κ1) is 21.6. The van der Waals surface area contributed by atoms with Gasteiger partial charge in [-0.3, -0.25) is 4.90 Å². The van der Waals surface area contributed by atoms with E-state index in [-0.39, 0.29) is 0 Å². The van der Waals surface area contributed by atoms with Gasteiger partial charge in [0.05, 0.1) is 5.56 Å². The molecule has 1 aromatic heterocycles. The lowest BCUT2D eigenvalue weighted by molar-refractivity contribution is -0.137. The second-order valence-corrected chi connectivity index (χ2v) is 8.04. The van der Waals surface area contributed by atoms with Crippen LogP contribution in [0.2, 0.25) is 0 Å². The summed E-state index contributed by atoms with van der Waals surface area (Å²) in [5.74, 6) is -1.51. The molecular formula is C21H19F5N4S. The van der Waals surface area contributed by atoms with Crippen molar-refractivity contribution in [3.8, 4) is 11.4 Å². The maximum absolute atomic E-state index is 13.4. The lowest BCUT2D eigenvalue weighted by atomic mass is 10.1. The SMILES string of the molecule is Fc1ccc(-c2nsc(N3CCN(CCc4cccc(C(F)(F)F)c4)CC3)n2)cc1F. The van der Waals surface area contributed by atoms with E-state index in [1.165, 1.54) is 29.7 Å². The Hall–Kier alpha value is -2.59. The maximum Gasteiger partial charge on any atom is 0.416 e. The van der Waals surface area contributed by atoms with Crippen LogP contribution in [0.1, 0.15) is 11.1 Å². The first-order valence-corrected chi connectivity index (χ1v) is 10.5. The van der Waals surface area contributed by atoms with Crippen molar-refractivity contribution in [1.82, 2.24) is 14.3 Å². The average Bonchev–Trinajstić information content (AvgIpc) is 3.24. The molecule has 4 nitrogen and oxygen atoms in total. The maximum atomic E-state index is 13.4. The number of nitrogens with zero attached hydrogens (tertiary/aromatic N) is 4. The molecule has 0 amide bonds. The minimum Gasteiger partial charge on any atom is -0.344 e. The number of benzene rings is 2. The summed E-state index contributed by atoms with van der Waals surface area (Å²) in [5.41, 5.74) is 0.460. The van der Waals surface area contributed by atoms with E-state index in [4.69, 9.17) is 0 Å². The number of hydrogen-bond acceptors (Lipinski definition) is 5. The van der Waals surface area contributed by atoms with E-state index in [1.807, 2.05) is 0 Å². The van der Waals surface area contributed by atoms with Crippen LogP contribution < -0.4 is 4.90 Å². The second kappa shape index (κ2) is 8.88. The van der Waals surface area contributed by atoms with E-state index in [0.717, 1.165) is 31.3 Å². The van der Waals surface area contributed by atoms with Gasteiger partial charge < -0.3 is 4.90 Å². The molecule has 0 N–H and O–H groups in total. The first-order valence-electron chi connectivity index (χ1n) is 9.72. The molecule has 3 aromatic rings.